The summed E-state index contributed by atoms with van der Waals surface area (Å²) in [6.45, 7) is 5.79. The molecule has 1 fully saturated rings. The zero-order valence-corrected chi connectivity index (χ0v) is 9.66. The number of aliphatic carboxylic acids is 1. The van der Waals surface area contributed by atoms with Gasteiger partial charge in [-0.25, -0.2) is 0 Å². The second-order valence-electron chi connectivity index (χ2n) is 4.75. The molecule has 1 unspecified atom stereocenters. The monoisotopic (exact) mass is 215 g/mol. The van der Waals surface area contributed by atoms with E-state index in [4.69, 9.17) is 9.84 Å². The summed E-state index contributed by atoms with van der Waals surface area (Å²) < 4.78 is 5.00. The molecule has 1 saturated heterocycles. The SMILES string of the molecule is COCCCN1CCC(C)(CC(=O)O)C1. The highest BCUT2D eigenvalue weighted by molar-refractivity contribution is 5.67. The Morgan fingerprint density at radius 2 is 2.33 bits per heavy atom. The number of likely N-dealkylation sites (tertiary alicyclic amines) is 1. The number of hydrogen-bond donors (Lipinski definition) is 1. The summed E-state index contributed by atoms with van der Waals surface area (Å²) in [6, 6.07) is 0. The smallest absolute Gasteiger partial charge is 0.303 e. The van der Waals surface area contributed by atoms with Gasteiger partial charge in [-0.05, 0) is 24.8 Å². The maximum Gasteiger partial charge on any atom is 0.303 e. The van der Waals surface area contributed by atoms with Crippen LogP contribution in [0.4, 0.5) is 0 Å². The number of methoxy groups -OCH3 is 1. The van der Waals surface area contributed by atoms with E-state index in [1.807, 2.05) is 0 Å². The molecule has 1 atom stereocenters. The van der Waals surface area contributed by atoms with E-state index in [9.17, 15) is 4.79 Å². The Hall–Kier alpha value is -0.610. The summed E-state index contributed by atoms with van der Waals surface area (Å²) in [4.78, 5) is 13.0. The van der Waals surface area contributed by atoms with Crippen LogP contribution in [0.2, 0.25) is 0 Å². The fourth-order valence-electron chi connectivity index (χ4n) is 2.26. The minimum Gasteiger partial charge on any atom is -0.481 e. The van der Waals surface area contributed by atoms with Gasteiger partial charge in [0.2, 0.25) is 0 Å². The molecule has 0 spiro atoms. The average molecular weight is 215 g/mol. The van der Waals surface area contributed by atoms with Gasteiger partial charge >= 0.3 is 5.97 Å². The van der Waals surface area contributed by atoms with Crippen molar-refractivity contribution in [2.45, 2.75) is 26.2 Å². The quantitative estimate of drug-likeness (QED) is 0.677. The molecule has 15 heavy (non-hydrogen) atoms. The first-order chi connectivity index (χ1) is 7.06. The molecular weight excluding hydrogens is 194 g/mol. The van der Waals surface area contributed by atoms with Crippen molar-refractivity contribution in [2.75, 3.05) is 33.4 Å². The lowest BCUT2D eigenvalue weighted by atomic mass is 9.86. The largest absolute Gasteiger partial charge is 0.481 e. The van der Waals surface area contributed by atoms with E-state index in [0.717, 1.165) is 39.1 Å². The lowest BCUT2D eigenvalue weighted by Gasteiger charge is -2.22. The third kappa shape index (κ3) is 4.18. The Morgan fingerprint density at radius 3 is 2.93 bits per heavy atom. The number of carboxylic acid groups (broad SMARTS) is 1. The van der Waals surface area contributed by atoms with Gasteiger partial charge in [0.15, 0.2) is 0 Å². The number of nitrogens with zero attached hydrogens (tertiary/aromatic N) is 1. The van der Waals surface area contributed by atoms with Crippen LogP contribution in [0, 0.1) is 5.41 Å². The summed E-state index contributed by atoms with van der Waals surface area (Å²) in [5, 5.41) is 8.80. The van der Waals surface area contributed by atoms with Crippen LogP contribution in [0.5, 0.6) is 0 Å². The summed E-state index contributed by atoms with van der Waals surface area (Å²) in [5.74, 6) is -0.684. The normalized spacial score (nSPS) is 27.1. The molecule has 0 aliphatic carbocycles. The van der Waals surface area contributed by atoms with Gasteiger partial charge in [-0.1, -0.05) is 6.92 Å². The highest BCUT2D eigenvalue weighted by Crippen LogP contribution is 2.33. The van der Waals surface area contributed by atoms with Gasteiger partial charge in [0.05, 0.1) is 6.42 Å². The summed E-state index contributed by atoms with van der Waals surface area (Å²) in [7, 11) is 1.71. The maximum absolute atomic E-state index is 10.7. The zero-order chi connectivity index (χ0) is 11.3. The average Bonchev–Trinajstić information content (AvgIpc) is 2.46. The van der Waals surface area contributed by atoms with Crippen molar-refractivity contribution in [1.82, 2.24) is 4.90 Å². The number of carbonyl (C=O) groups is 1. The molecule has 88 valence electrons. The van der Waals surface area contributed by atoms with Crippen LogP contribution in [-0.4, -0.2) is 49.3 Å². The summed E-state index contributed by atoms with van der Waals surface area (Å²) in [5.41, 5.74) is -0.0289. The topological polar surface area (TPSA) is 49.8 Å². The predicted molar refractivity (Wildman–Crippen MR) is 57.9 cm³/mol. The molecule has 1 rings (SSSR count). The molecule has 0 aromatic carbocycles. The molecule has 1 aliphatic rings. The van der Waals surface area contributed by atoms with Gasteiger partial charge in [-0.2, -0.15) is 0 Å². The molecule has 0 aromatic rings. The molecule has 1 N–H and O–H groups in total. The number of carboxylic acids is 1. The van der Waals surface area contributed by atoms with E-state index in [2.05, 4.69) is 11.8 Å². The molecule has 0 amide bonds. The molecule has 4 heteroatoms. The van der Waals surface area contributed by atoms with Crippen molar-refractivity contribution < 1.29 is 14.6 Å². The van der Waals surface area contributed by atoms with Gasteiger partial charge in [-0.15, -0.1) is 0 Å². The van der Waals surface area contributed by atoms with Crippen molar-refractivity contribution in [1.29, 1.82) is 0 Å². The van der Waals surface area contributed by atoms with Crippen molar-refractivity contribution in [2.24, 2.45) is 5.41 Å². The minimum atomic E-state index is -0.684. The second kappa shape index (κ2) is 5.47. The first-order valence-corrected chi connectivity index (χ1v) is 5.49. The Bertz CT molecular complexity index is 220. The van der Waals surface area contributed by atoms with Crippen LogP contribution in [0.3, 0.4) is 0 Å². The molecular formula is C11H21NO3. The van der Waals surface area contributed by atoms with Crippen molar-refractivity contribution in [3.8, 4) is 0 Å². The standard InChI is InChI=1S/C11H21NO3/c1-11(8-10(13)14)4-6-12(9-11)5-3-7-15-2/h3-9H2,1-2H3,(H,13,14). The fraction of sp³-hybridized carbons (Fsp3) is 0.909. The molecule has 1 heterocycles. The summed E-state index contributed by atoms with van der Waals surface area (Å²) in [6.07, 6.45) is 2.31. The van der Waals surface area contributed by atoms with Crippen LogP contribution >= 0.6 is 0 Å². The number of ether oxygens (including phenoxy) is 1. The van der Waals surface area contributed by atoms with Crippen LogP contribution in [0.15, 0.2) is 0 Å². The lowest BCUT2D eigenvalue weighted by Crippen LogP contribution is -2.28. The van der Waals surface area contributed by atoms with Gasteiger partial charge in [0, 0.05) is 26.8 Å². The molecule has 1 aliphatic heterocycles. The van der Waals surface area contributed by atoms with E-state index in [-0.39, 0.29) is 11.8 Å². The maximum atomic E-state index is 10.7. The second-order valence-corrected chi connectivity index (χ2v) is 4.75. The predicted octanol–water partition coefficient (Wildman–Crippen LogP) is 1.21. The van der Waals surface area contributed by atoms with Crippen LogP contribution < -0.4 is 0 Å². The van der Waals surface area contributed by atoms with Crippen molar-refractivity contribution in [3.63, 3.8) is 0 Å². The van der Waals surface area contributed by atoms with E-state index in [0.29, 0.717) is 0 Å². The molecule has 0 saturated carbocycles. The lowest BCUT2D eigenvalue weighted by molar-refractivity contribution is -0.139. The van der Waals surface area contributed by atoms with Crippen LogP contribution in [0.1, 0.15) is 26.2 Å². The first kappa shape index (κ1) is 12.5. The Kier molecular flexibility index (Phi) is 4.54. The molecule has 0 bridgehead atoms. The third-order valence-electron chi connectivity index (χ3n) is 3.04. The van der Waals surface area contributed by atoms with E-state index in [1.165, 1.54) is 0 Å². The highest BCUT2D eigenvalue weighted by Gasteiger charge is 2.35. The molecule has 0 aromatic heterocycles. The van der Waals surface area contributed by atoms with Crippen LogP contribution in [0.25, 0.3) is 0 Å². The number of rotatable bonds is 6. The summed E-state index contributed by atoms with van der Waals surface area (Å²) >= 11 is 0. The molecule has 4 nitrogen and oxygen atoms in total. The van der Waals surface area contributed by atoms with Gasteiger partial charge < -0.3 is 14.7 Å². The minimum absolute atomic E-state index is 0.0289. The Morgan fingerprint density at radius 1 is 1.60 bits per heavy atom. The third-order valence-corrected chi connectivity index (χ3v) is 3.04. The first-order valence-electron chi connectivity index (χ1n) is 5.49. The zero-order valence-electron chi connectivity index (χ0n) is 9.66. The van der Waals surface area contributed by atoms with Crippen molar-refractivity contribution >= 4 is 5.97 Å². The van der Waals surface area contributed by atoms with E-state index < -0.39 is 5.97 Å². The van der Waals surface area contributed by atoms with Crippen molar-refractivity contribution in [3.05, 3.63) is 0 Å². The highest BCUT2D eigenvalue weighted by atomic mass is 16.5. The van der Waals surface area contributed by atoms with Gasteiger partial charge in [0.1, 0.15) is 0 Å². The van der Waals surface area contributed by atoms with E-state index in [1.54, 1.807) is 7.11 Å². The number of hydrogen-bond acceptors (Lipinski definition) is 3. The Labute approximate surface area is 91.2 Å². The Balaban J connectivity index is 2.27. The van der Waals surface area contributed by atoms with Crippen LogP contribution in [-0.2, 0) is 9.53 Å². The van der Waals surface area contributed by atoms with Gasteiger partial charge in [0.25, 0.3) is 0 Å². The molecule has 0 radical (unpaired) electrons. The van der Waals surface area contributed by atoms with Gasteiger partial charge in [-0.3, -0.25) is 4.79 Å². The fourth-order valence-corrected chi connectivity index (χ4v) is 2.26. The van der Waals surface area contributed by atoms with E-state index >= 15 is 0 Å².